The van der Waals surface area contributed by atoms with Crippen molar-refractivity contribution in [2.75, 3.05) is 51.4 Å². The number of anilines is 1. The Balaban J connectivity index is 1.45. The van der Waals surface area contributed by atoms with Gasteiger partial charge in [-0.2, -0.15) is 0 Å². The average molecular weight is 487 g/mol. The van der Waals surface area contributed by atoms with E-state index in [9.17, 15) is 4.79 Å². The van der Waals surface area contributed by atoms with Crippen LogP contribution in [-0.2, 0) is 22.4 Å². The number of aromatic nitrogens is 2. The lowest BCUT2D eigenvalue weighted by molar-refractivity contribution is -0.135. The van der Waals surface area contributed by atoms with Crippen LogP contribution in [0.1, 0.15) is 30.2 Å². The molecule has 0 spiro atoms. The molecule has 0 unspecified atom stereocenters. The Kier molecular flexibility index (Phi) is 7.47. The molecule has 7 heteroatoms. The molecule has 1 atom stereocenters. The highest BCUT2D eigenvalue weighted by Gasteiger charge is 2.31. The zero-order valence-corrected chi connectivity index (χ0v) is 21.2. The summed E-state index contributed by atoms with van der Waals surface area (Å²) in [7, 11) is 1.68. The van der Waals surface area contributed by atoms with Gasteiger partial charge in [0.15, 0.2) is 5.82 Å². The van der Waals surface area contributed by atoms with Crippen molar-refractivity contribution >= 4 is 11.7 Å². The van der Waals surface area contributed by atoms with Crippen LogP contribution < -0.4 is 9.64 Å². The number of rotatable bonds is 7. The van der Waals surface area contributed by atoms with Crippen LogP contribution in [0.3, 0.4) is 0 Å². The molecule has 0 N–H and O–H groups in total. The first-order valence-corrected chi connectivity index (χ1v) is 12.9. The number of amides is 1. The number of aryl methyl sites for hydroxylation is 1. The SMILES string of the molecule is CCc1nc(-c2ccccc2)nc(N2CCN(C(=O)[C@@H]3CCOC3)CC2)c1Cc1ccc(OC)cc1. The minimum atomic E-state index is 0.0117. The summed E-state index contributed by atoms with van der Waals surface area (Å²) in [6, 6.07) is 18.4. The Hall–Kier alpha value is -3.45. The Morgan fingerprint density at radius 1 is 1.03 bits per heavy atom. The summed E-state index contributed by atoms with van der Waals surface area (Å²) in [6.45, 7) is 6.30. The van der Waals surface area contributed by atoms with Gasteiger partial charge in [0.05, 0.1) is 19.6 Å². The van der Waals surface area contributed by atoms with Gasteiger partial charge in [0.2, 0.25) is 5.91 Å². The van der Waals surface area contributed by atoms with Crippen LogP contribution in [0.2, 0.25) is 0 Å². The van der Waals surface area contributed by atoms with Crippen LogP contribution in [0.5, 0.6) is 5.75 Å². The van der Waals surface area contributed by atoms with Gasteiger partial charge >= 0.3 is 0 Å². The maximum atomic E-state index is 12.9. The molecule has 0 radical (unpaired) electrons. The van der Waals surface area contributed by atoms with E-state index in [1.54, 1.807) is 7.11 Å². The number of benzene rings is 2. The monoisotopic (exact) mass is 486 g/mol. The van der Waals surface area contributed by atoms with Crippen molar-refractivity contribution in [2.24, 2.45) is 5.92 Å². The summed E-state index contributed by atoms with van der Waals surface area (Å²) < 4.78 is 10.8. The molecule has 2 aromatic carbocycles. The van der Waals surface area contributed by atoms with Crippen LogP contribution in [-0.4, -0.2) is 67.3 Å². The highest BCUT2D eigenvalue weighted by Crippen LogP contribution is 2.30. The third-order valence-electron chi connectivity index (χ3n) is 7.15. The van der Waals surface area contributed by atoms with Crippen LogP contribution in [0.15, 0.2) is 54.6 Å². The van der Waals surface area contributed by atoms with E-state index in [1.165, 1.54) is 5.56 Å². The number of carbonyl (C=O) groups excluding carboxylic acids is 1. The Morgan fingerprint density at radius 2 is 1.78 bits per heavy atom. The molecule has 3 heterocycles. The zero-order valence-electron chi connectivity index (χ0n) is 21.2. The minimum absolute atomic E-state index is 0.0117. The molecule has 2 saturated heterocycles. The van der Waals surface area contributed by atoms with Gasteiger partial charge in [-0.3, -0.25) is 4.79 Å². The van der Waals surface area contributed by atoms with Crippen molar-refractivity contribution in [3.05, 3.63) is 71.4 Å². The molecule has 1 aromatic heterocycles. The lowest BCUT2D eigenvalue weighted by Gasteiger charge is -2.37. The topological polar surface area (TPSA) is 67.8 Å². The van der Waals surface area contributed by atoms with Crippen LogP contribution >= 0.6 is 0 Å². The van der Waals surface area contributed by atoms with Crippen molar-refractivity contribution in [3.63, 3.8) is 0 Å². The maximum Gasteiger partial charge on any atom is 0.228 e. The number of methoxy groups -OCH3 is 1. The lowest BCUT2D eigenvalue weighted by atomic mass is 10.0. The van der Waals surface area contributed by atoms with E-state index < -0.39 is 0 Å². The molecule has 0 saturated carbocycles. The van der Waals surface area contributed by atoms with Gasteiger partial charge in [-0.25, -0.2) is 9.97 Å². The van der Waals surface area contributed by atoms with Crippen molar-refractivity contribution in [2.45, 2.75) is 26.2 Å². The van der Waals surface area contributed by atoms with E-state index in [0.717, 1.165) is 66.6 Å². The van der Waals surface area contributed by atoms with E-state index in [0.29, 0.717) is 26.3 Å². The number of piperazine rings is 1. The third-order valence-corrected chi connectivity index (χ3v) is 7.15. The predicted octanol–water partition coefficient (Wildman–Crippen LogP) is 3.99. The number of carbonyl (C=O) groups is 1. The molecule has 1 amide bonds. The Bertz CT molecular complexity index is 1170. The van der Waals surface area contributed by atoms with E-state index in [2.05, 4.69) is 36.1 Å². The van der Waals surface area contributed by atoms with Gasteiger partial charge in [0.1, 0.15) is 11.6 Å². The number of hydrogen-bond acceptors (Lipinski definition) is 6. The van der Waals surface area contributed by atoms with Crippen LogP contribution in [0.4, 0.5) is 5.82 Å². The minimum Gasteiger partial charge on any atom is -0.497 e. The molecular formula is C29H34N4O3. The van der Waals surface area contributed by atoms with Gasteiger partial charge in [-0.05, 0) is 30.5 Å². The van der Waals surface area contributed by atoms with E-state index in [4.69, 9.17) is 19.4 Å². The Labute approximate surface area is 213 Å². The highest BCUT2D eigenvalue weighted by molar-refractivity contribution is 5.79. The molecule has 2 aliphatic rings. The van der Waals surface area contributed by atoms with Crippen LogP contribution in [0.25, 0.3) is 11.4 Å². The molecule has 2 aliphatic heterocycles. The standard InChI is InChI=1S/C29H34N4O3/c1-3-26-25(19-21-9-11-24(35-2)12-10-21)28(31-27(30-26)22-7-5-4-6-8-22)32-14-16-33(17-15-32)29(34)23-13-18-36-20-23/h4-12,23H,3,13-20H2,1-2H3/t23-/m1/s1. The van der Waals surface area contributed by atoms with Crippen molar-refractivity contribution in [3.8, 4) is 17.1 Å². The quantitative estimate of drug-likeness (QED) is 0.503. The summed E-state index contributed by atoms with van der Waals surface area (Å²) in [5, 5.41) is 0. The number of nitrogens with zero attached hydrogens (tertiary/aromatic N) is 4. The fourth-order valence-electron chi connectivity index (χ4n) is 5.04. The van der Waals surface area contributed by atoms with Crippen molar-refractivity contribution < 1.29 is 14.3 Å². The van der Waals surface area contributed by atoms with E-state index in [1.807, 2.05) is 35.2 Å². The van der Waals surface area contributed by atoms with E-state index in [-0.39, 0.29) is 11.8 Å². The van der Waals surface area contributed by atoms with Gasteiger partial charge < -0.3 is 19.3 Å². The highest BCUT2D eigenvalue weighted by atomic mass is 16.5. The summed E-state index contributed by atoms with van der Waals surface area (Å²) in [5.74, 6) is 2.82. The molecule has 2 fully saturated rings. The molecule has 0 bridgehead atoms. The molecule has 188 valence electrons. The van der Waals surface area contributed by atoms with Gasteiger partial charge in [-0.15, -0.1) is 0 Å². The largest absolute Gasteiger partial charge is 0.497 e. The molecule has 36 heavy (non-hydrogen) atoms. The first kappa shape index (κ1) is 24.3. The Morgan fingerprint density at radius 3 is 2.42 bits per heavy atom. The second kappa shape index (κ2) is 11.1. The average Bonchev–Trinajstić information content (AvgIpc) is 3.49. The fraction of sp³-hybridized carbons (Fsp3) is 0.414. The van der Waals surface area contributed by atoms with Crippen LogP contribution in [0, 0.1) is 5.92 Å². The maximum absolute atomic E-state index is 12.9. The normalized spacial score (nSPS) is 17.9. The fourth-order valence-corrected chi connectivity index (χ4v) is 5.04. The molecule has 0 aliphatic carbocycles. The van der Waals surface area contributed by atoms with Crippen molar-refractivity contribution in [1.29, 1.82) is 0 Å². The van der Waals surface area contributed by atoms with Gasteiger partial charge in [0.25, 0.3) is 0 Å². The molecule has 5 rings (SSSR count). The number of hydrogen-bond donors (Lipinski definition) is 0. The second-order valence-electron chi connectivity index (χ2n) is 9.41. The molecule has 7 nitrogen and oxygen atoms in total. The molecular weight excluding hydrogens is 452 g/mol. The third kappa shape index (κ3) is 5.21. The first-order chi connectivity index (χ1) is 17.7. The summed E-state index contributed by atoms with van der Waals surface area (Å²) in [6.07, 6.45) is 2.40. The summed E-state index contributed by atoms with van der Waals surface area (Å²) in [4.78, 5) is 27.4. The first-order valence-electron chi connectivity index (χ1n) is 12.9. The molecule has 3 aromatic rings. The smallest absolute Gasteiger partial charge is 0.228 e. The number of ether oxygens (including phenoxy) is 2. The summed E-state index contributed by atoms with van der Waals surface area (Å²) in [5.41, 5.74) is 4.43. The van der Waals surface area contributed by atoms with Gasteiger partial charge in [0, 0.05) is 56.0 Å². The lowest BCUT2D eigenvalue weighted by Crippen LogP contribution is -2.51. The second-order valence-corrected chi connectivity index (χ2v) is 9.41. The van der Waals surface area contributed by atoms with Crippen molar-refractivity contribution in [1.82, 2.24) is 14.9 Å². The van der Waals surface area contributed by atoms with Gasteiger partial charge in [-0.1, -0.05) is 49.4 Å². The zero-order chi connectivity index (χ0) is 24.9. The van der Waals surface area contributed by atoms with E-state index >= 15 is 0 Å². The summed E-state index contributed by atoms with van der Waals surface area (Å²) >= 11 is 0. The predicted molar refractivity (Wildman–Crippen MR) is 140 cm³/mol.